The lowest BCUT2D eigenvalue weighted by molar-refractivity contribution is 0.190. The molecule has 1 heterocycles. The number of rotatable bonds is 7. The summed E-state index contributed by atoms with van der Waals surface area (Å²) in [4.78, 5) is 2.19. The summed E-state index contributed by atoms with van der Waals surface area (Å²) < 4.78 is 23.8. The van der Waals surface area contributed by atoms with Gasteiger partial charge in [0.2, 0.25) is 0 Å². The number of thiocarbonyl (C=S) groups is 1. The Morgan fingerprint density at radius 1 is 0.941 bits per heavy atom. The van der Waals surface area contributed by atoms with Crippen molar-refractivity contribution in [2.24, 2.45) is 0 Å². The zero-order valence-corrected chi connectivity index (χ0v) is 22.3. The quantitative estimate of drug-likeness (QED) is 0.280. The molecule has 0 spiro atoms. The zero-order chi connectivity index (χ0) is 24.1. The van der Waals surface area contributed by atoms with Crippen molar-refractivity contribution in [2.75, 3.05) is 39.8 Å². The van der Waals surface area contributed by atoms with Crippen LogP contribution in [-0.4, -0.2) is 44.5 Å². The fourth-order valence-corrected chi connectivity index (χ4v) is 4.72. The van der Waals surface area contributed by atoms with Crippen LogP contribution >= 0.6 is 34.8 Å². The Bertz CT molecular complexity index is 1140. The molecular formula is C26H27IN2O4S. The largest absolute Gasteiger partial charge is 0.497 e. The molecule has 8 heteroatoms. The number of methoxy groups -OCH3 is 3. The van der Waals surface area contributed by atoms with Gasteiger partial charge in [-0.05, 0) is 113 Å². The van der Waals surface area contributed by atoms with Gasteiger partial charge in [0, 0.05) is 15.8 Å². The van der Waals surface area contributed by atoms with Gasteiger partial charge in [-0.2, -0.15) is 0 Å². The van der Waals surface area contributed by atoms with E-state index in [1.807, 2.05) is 42.5 Å². The number of hydrogen-bond donors (Lipinski definition) is 1. The molecule has 0 fully saturated rings. The number of hydrogen-bond acceptors (Lipinski definition) is 5. The van der Waals surface area contributed by atoms with Crippen LogP contribution < -0.4 is 24.3 Å². The molecule has 3 aromatic carbocycles. The zero-order valence-electron chi connectivity index (χ0n) is 19.3. The maximum atomic E-state index is 6.22. The Hall–Kier alpha value is -2.72. The Morgan fingerprint density at radius 3 is 2.24 bits per heavy atom. The minimum Gasteiger partial charge on any atom is -0.497 e. The predicted octanol–water partition coefficient (Wildman–Crippen LogP) is 5.69. The molecule has 1 atom stereocenters. The maximum absolute atomic E-state index is 6.22. The minimum atomic E-state index is -0.102. The smallest absolute Gasteiger partial charge is 0.174 e. The van der Waals surface area contributed by atoms with Gasteiger partial charge in [-0.25, -0.2) is 0 Å². The maximum Gasteiger partial charge on any atom is 0.174 e. The molecular weight excluding hydrogens is 563 g/mol. The van der Waals surface area contributed by atoms with E-state index in [9.17, 15) is 0 Å². The molecule has 0 aliphatic carbocycles. The lowest BCUT2D eigenvalue weighted by Gasteiger charge is -2.39. The highest BCUT2D eigenvalue weighted by molar-refractivity contribution is 14.1. The molecule has 1 aliphatic heterocycles. The average Bonchev–Trinajstić information content (AvgIpc) is 2.87. The van der Waals surface area contributed by atoms with E-state index < -0.39 is 0 Å². The number of nitrogens with zero attached hydrogens (tertiary/aromatic N) is 1. The van der Waals surface area contributed by atoms with Crippen LogP contribution in [0.3, 0.4) is 0 Å². The van der Waals surface area contributed by atoms with Crippen molar-refractivity contribution < 1.29 is 18.9 Å². The summed E-state index contributed by atoms with van der Waals surface area (Å²) in [6.45, 7) is 1.18. The van der Waals surface area contributed by atoms with Crippen molar-refractivity contribution in [3.63, 3.8) is 0 Å². The monoisotopic (exact) mass is 590 g/mol. The summed E-state index contributed by atoms with van der Waals surface area (Å²) in [7, 11) is 4.95. The van der Waals surface area contributed by atoms with Crippen molar-refractivity contribution in [3.05, 3.63) is 75.4 Å². The van der Waals surface area contributed by atoms with Gasteiger partial charge in [0.25, 0.3) is 0 Å². The van der Waals surface area contributed by atoms with Crippen molar-refractivity contribution in [1.29, 1.82) is 0 Å². The first-order chi connectivity index (χ1) is 16.5. The number of nitrogens with one attached hydrogen (secondary N) is 1. The van der Waals surface area contributed by atoms with Crippen molar-refractivity contribution >= 4 is 45.6 Å². The van der Waals surface area contributed by atoms with Crippen LogP contribution in [0.4, 0.5) is 5.69 Å². The van der Waals surface area contributed by atoms with Gasteiger partial charge in [-0.1, -0.05) is 0 Å². The lowest BCUT2D eigenvalue weighted by Crippen LogP contribution is -2.44. The third-order valence-electron chi connectivity index (χ3n) is 5.83. The summed E-state index contributed by atoms with van der Waals surface area (Å²) in [6.07, 6.45) is 0.837. The first kappa shape index (κ1) is 24.4. The molecule has 1 unspecified atom stereocenters. The topological polar surface area (TPSA) is 52.2 Å². The molecule has 1 aliphatic rings. The van der Waals surface area contributed by atoms with E-state index in [-0.39, 0.29) is 6.04 Å². The van der Waals surface area contributed by atoms with Crippen molar-refractivity contribution in [2.45, 2.75) is 12.5 Å². The fourth-order valence-electron chi connectivity index (χ4n) is 4.03. The number of fused-ring (bicyclic) bond motifs is 1. The Morgan fingerprint density at radius 2 is 1.59 bits per heavy atom. The molecule has 0 aromatic heterocycles. The molecule has 0 saturated heterocycles. The van der Waals surface area contributed by atoms with E-state index in [1.54, 1.807) is 21.3 Å². The number of halogens is 1. The summed E-state index contributed by atoms with van der Waals surface area (Å²) in [5.74, 6) is 2.97. The Labute approximate surface area is 219 Å². The van der Waals surface area contributed by atoms with Gasteiger partial charge in [-0.15, -0.1) is 0 Å². The second-order valence-corrected chi connectivity index (χ2v) is 9.42. The molecule has 178 valence electrons. The predicted molar refractivity (Wildman–Crippen MR) is 147 cm³/mol. The Balaban J connectivity index is 1.62. The van der Waals surface area contributed by atoms with E-state index in [1.165, 1.54) is 9.13 Å². The van der Waals surface area contributed by atoms with Crippen LogP contribution in [-0.2, 0) is 6.42 Å². The average molecular weight is 590 g/mol. The highest BCUT2D eigenvalue weighted by atomic mass is 127. The standard InChI is InChI=1S/C26H27IN2O4S/c1-30-20-8-10-21(11-9-20)33-16-23-22-15-25(32-3)24(31-2)14-17(22)12-13-29(23)26(34)28-19-6-4-18(27)5-7-19/h4-11,14-15,23H,12-13,16H2,1-3H3,(H,28,34). The normalized spacial score (nSPS) is 14.7. The molecule has 0 amide bonds. The van der Waals surface area contributed by atoms with E-state index in [2.05, 4.69) is 51.0 Å². The van der Waals surface area contributed by atoms with Crippen LogP contribution in [0.15, 0.2) is 60.7 Å². The van der Waals surface area contributed by atoms with Gasteiger partial charge < -0.3 is 29.2 Å². The first-order valence-corrected chi connectivity index (χ1v) is 12.4. The molecule has 1 N–H and O–H groups in total. The molecule has 6 nitrogen and oxygen atoms in total. The number of ether oxygens (including phenoxy) is 4. The number of benzene rings is 3. The van der Waals surface area contributed by atoms with E-state index in [4.69, 9.17) is 31.2 Å². The molecule has 0 radical (unpaired) electrons. The first-order valence-electron chi connectivity index (χ1n) is 10.9. The van der Waals surface area contributed by atoms with Gasteiger partial charge >= 0.3 is 0 Å². The summed E-state index contributed by atoms with van der Waals surface area (Å²) in [5.41, 5.74) is 3.27. The van der Waals surface area contributed by atoms with E-state index in [0.717, 1.165) is 41.5 Å². The third-order valence-corrected chi connectivity index (χ3v) is 6.88. The molecule has 34 heavy (non-hydrogen) atoms. The van der Waals surface area contributed by atoms with Gasteiger partial charge in [0.1, 0.15) is 18.1 Å². The van der Waals surface area contributed by atoms with Crippen LogP contribution in [0.1, 0.15) is 17.2 Å². The summed E-state index contributed by atoms with van der Waals surface area (Å²) in [5, 5.41) is 4.05. The molecule has 0 bridgehead atoms. The van der Waals surface area contributed by atoms with Crippen LogP contribution in [0.2, 0.25) is 0 Å². The minimum absolute atomic E-state index is 0.102. The summed E-state index contributed by atoms with van der Waals surface area (Å²) >= 11 is 8.15. The van der Waals surface area contributed by atoms with Gasteiger partial charge in [-0.3, -0.25) is 0 Å². The number of anilines is 1. The second-order valence-electron chi connectivity index (χ2n) is 7.79. The molecule has 3 aromatic rings. The van der Waals surface area contributed by atoms with Gasteiger partial charge in [0.15, 0.2) is 16.6 Å². The van der Waals surface area contributed by atoms with E-state index >= 15 is 0 Å². The van der Waals surface area contributed by atoms with Crippen LogP contribution in [0, 0.1) is 3.57 Å². The summed E-state index contributed by atoms with van der Waals surface area (Å²) in [6, 6.07) is 19.7. The second kappa shape index (κ2) is 11.1. The lowest BCUT2D eigenvalue weighted by atomic mass is 9.92. The SMILES string of the molecule is COc1ccc(OCC2c3cc(OC)c(OC)cc3CCN2C(=S)Nc2ccc(I)cc2)cc1. The fraction of sp³-hybridized carbons (Fsp3) is 0.269. The van der Waals surface area contributed by atoms with Crippen molar-refractivity contribution in [3.8, 4) is 23.0 Å². The Kier molecular flexibility index (Phi) is 7.99. The van der Waals surface area contributed by atoms with Crippen molar-refractivity contribution in [1.82, 2.24) is 4.90 Å². The van der Waals surface area contributed by atoms with E-state index in [0.29, 0.717) is 17.5 Å². The third kappa shape index (κ3) is 5.50. The van der Waals surface area contributed by atoms with Crippen LogP contribution in [0.5, 0.6) is 23.0 Å². The molecule has 4 rings (SSSR count). The highest BCUT2D eigenvalue weighted by Crippen LogP contribution is 2.38. The highest BCUT2D eigenvalue weighted by Gasteiger charge is 2.31. The molecule has 0 saturated carbocycles. The van der Waals surface area contributed by atoms with Gasteiger partial charge in [0.05, 0.1) is 27.4 Å². The van der Waals surface area contributed by atoms with Crippen LogP contribution in [0.25, 0.3) is 0 Å².